The summed E-state index contributed by atoms with van der Waals surface area (Å²) in [6.07, 6.45) is -0.679. The summed E-state index contributed by atoms with van der Waals surface area (Å²) in [5, 5.41) is 11.0. The number of ether oxygens (including phenoxy) is 1. The molecule has 0 saturated heterocycles. The molecule has 106 valence electrons. The van der Waals surface area contributed by atoms with Gasteiger partial charge in [0, 0.05) is 4.90 Å². The Morgan fingerprint density at radius 2 is 1.80 bits per heavy atom. The maximum atomic E-state index is 10.4. The molecule has 20 heavy (non-hydrogen) atoms. The van der Waals surface area contributed by atoms with Crippen LogP contribution in [0.2, 0.25) is 5.02 Å². The largest absolute Gasteiger partial charge is 0.495 e. The molecule has 1 atom stereocenters. The molecule has 0 bridgehead atoms. The highest BCUT2D eigenvalue weighted by atomic mass is 35.5. The van der Waals surface area contributed by atoms with E-state index in [1.54, 1.807) is 31.0 Å². The zero-order valence-corrected chi connectivity index (χ0v) is 13.0. The zero-order valence-electron chi connectivity index (χ0n) is 11.5. The van der Waals surface area contributed by atoms with E-state index in [-0.39, 0.29) is 0 Å². The quantitative estimate of drug-likeness (QED) is 0.822. The van der Waals surface area contributed by atoms with E-state index >= 15 is 0 Å². The Kier molecular flexibility index (Phi) is 5.35. The smallest absolute Gasteiger partial charge is 0.137 e. The molecule has 2 rings (SSSR count). The maximum absolute atomic E-state index is 10.4. The van der Waals surface area contributed by atoms with Crippen molar-refractivity contribution in [3.8, 4) is 5.75 Å². The highest BCUT2D eigenvalue weighted by Crippen LogP contribution is 2.31. The SMILES string of the molecule is CCSc1ccc(C(O)c2ccc(Cl)c(OC)c2)cc1. The summed E-state index contributed by atoms with van der Waals surface area (Å²) in [6.45, 7) is 2.12. The molecule has 0 heterocycles. The van der Waals surface area contributed by atoms with Gasteiger partial charge in [0.1, 0.15) is 11.9 Å². The number of aliphatic hydroxyl groups is 1. The van der Waals surface area contributed by atoms with E-state index in [0.29, 0.717) is 10.8 Å². The molecular formula is C16H17ClO2S. The van der Waals surface area contributed by atoms with E-state index in [2.05, 4.69) is 6.92 Å². The van der Waals surface area contributed by atoms with Crippen LogP contribution >= 0.6 is 23.4 Å². The number of halogens is 1. The van der Waals surface area contributed by atoms with Crippen LogP contribution < -0.4 is 4.74 Å². The summed E-state index contributed by atoms with van der Waals surface area (Å²) in [5.74, 6) is 1.61. The number of thioether (sulfide) groups is 1. The minimum Gasteiger partial charge on any atom is -0.495 e. The van der Waals surface area contributed by atoms with Crippen LogP contribution in [0.4, 0.5) is 0 Å². The summed E-state index contributed by atoms with van der Waals surface area (Å²) in [7, 11) is 1.56. The topological polar surface area (TPSA) is 29.5 Å². The Morgan fingerprint density at radius 1 is 1.15 bits per heavy atom. The van der Waals surface area contributed by atoms with E-state index < -0.39 is 6.10 Å². The lowest BCUT2D eigenvalue weighted by Crippen LogP contribution is -2.00. The van der Waals surface area contributed by atoms with Gasteiger partial charge in [0.15, 0.2) is 0 Å². The van der Waals surface area contributed by atoms with Gasteiger partial charge in [-0.2, -0.15) is 0 Å². The molecule has 0 fully saturated rings. The first-order chi connectivity index (χ1) is 9.65. The molecule has 0 aliphatic carbocycles. The molecular weight excluding hydrogens is 292 g/mol. The van der Waals surface area contributed by atoms with Crippen LogP contribution in [-0.4, -0.2) is 18.0 Å². The number of rotatable bonds is 5. The molecule has 0 aromatic heterocycles. The Labute approximate surface area is 128 Å². The van der Waals surface area contributed by atoms with Crippen LogP contribution in [0.25, 0.3) is 0 Å². The van der Waals surface area contributed by atoms with Crippen LogP contribution in [0, 0.1) is 0 Å². The van der Waals surface area contributed by atoms with E-state index in [4.69, 9.17) is 16.3 Å². The minimum atomic E-state index is -0.679. The fraction of sp³-hybridized carbons (Fsp3) is 0.250. The van der Waals surface area contributed by atoms with Crippen molar-refractivity contribution in [1.29, 1.82) is 0 Å². The molecule has 2 nitrogen and oxygen atoms in total. The average molecular weight is 309 g/mol. The normalized spacial score (nSPS) is 12.2. The Hall–Kier alpha value is -1.16. The predicted octanol–water partition coefficient (Wildman–Crippen LogP) is 4.54. The molecule has 1 N–H and O–H groups in total. The van der Waals surface area contributed by atoms with Gasteiger partial charge in [0.25, 0.3) is 0 Å². The third-order valence-electron chi connectivity index (χ3n) is 3.00. The molecule has 0 amide bonds. The van der Waals surface area contributed by atoms with Crippen molar-refractivity contribution < 1.29 is 9.84 Å². The second-order valence-electron chi connectivity index (χ2n) is 4.30. The minimum absolute atomic E-state index is 0.540. The Morgan fingerprint density at radius 3 is 2.40 bits per heavy atom. The van der Waals surface area contributed by atoms with Crippen molar-refractivity contribution in [2.45, 2.75) is 17.9 Å². The van der Waals surface area contributed by atoms with Gasteiger partial charge >= 0.3 is 0 Å². The van der Waals surface area contributed by atoms with Crippen LogP contribution in [0.15, 0.2) is 47.4 Å². The van der Waals surface area contributed by atoms with Gasteiger partial charge in [-0.3, -0.25) is 0 Å². The third-order valence-corrected chi connectivity index (χ3v) is 4.20. The maximum Gasteiger partial charge on any atom is 0.137 e. The number of benzene rings is 2. The van der Waals surface area contributed by atoms with E-state index in [1.165, 1.54) is 4.90 Å². The monoisotopic (exact) mass is 308 g/mol. The van der Waals surface area contributed by atoms with Gasteiger partial charge in [-0.05, 0) is 41.1 Å². The summed E-state index contributed by atoms with van der Waals surface area (Å²) >= 11 is 7.77. The van der Waals surface area contributed by atoms with Crippen molar-refractivity contribution in [3.63, 3.8) is 0 Å². The zero-order chi connectivity index (χ0) is 14.5. The fourth-order valence-electron chi connectivity index (χ4n) is 1.95. The van der Waals surface area contributed by atoms with Crippen molar-refractivity contribution in [2.24, 2.45) is 0 Å². The van der Waals surface area contributed by atoms with E-state index in [0.717, 1.165) is 16.9 Å². The highest BCUT2D eigenvalue weighted by molar-refractivity contribution is 7.99. The molecule has 0 saturated carbocycles. The first-order valence-electron chi connectivity index (χ1n) is 6.40. The van der Waals surface area contributed by atoms with Crippen molar-refractivity contribution >= 4 is 23.4 Å². The van der Waals surface area contributed by atoms with Gasteiger partial charge in [-0.25, -0.2) is 0 Å². The fourth-order valence-corrected chi connectivity index (χ4v) is 2.81. The van der Waals surface area contributed by atoms with Crippen molar-refractivity contribution in [1.82, 2.24) is 0 Å². The average Bonchev–Trinajstić information content (AvgIpc) is 2.48. The molecule has 0 aliphatic heterocycles. The Balaban J connectivity index is 2.24. The number of aliphatic hydroxyl groups excluding tert-OH is 1. The van der Waals surface area contributed by atoms with Crippen molar-refractivity contribution in [3.05, 3.63) is 58.6 Å². The number of hydrogen-bond donors (Lipinski definition) is 1. The number of methoxy groups -OCH3 is 1. The van der Waals surface area contributed by atoms with Crippen LogP contribution in [0.5, 0.6) is 5.75 Å². The molecule has 0 spiro atoms. The summed E-state index contributed by atoms with van der Waals surface area (Å²) < 4.78 is 5.18. The van der Waals surface area contributed by atoms with Gasteiger partial charge in [0.05, 0.1) is 12.1 Å². The van der Waals surface area contributed by atoms with Crippen LogP contribution in [0.3, 0.4) is 0 Å². The van der Waals surface area contributed by atoms with E-state index in [1.807, 2.05) is 30.3 Å². The second-order valence-corrected chi connectivity index (χ2v) is 6.04. The van der Waals surface area contributed by atoms with Crippen LogP contribution in [-0.2, 0) is 0 Å². The summed E-state index contributed by atoms with van der Waals surface area (Å²) in [6, 6.07) is 13.3. The molecule has 0 aliphatic rings. The van der Waals surface area contributed by atoms with Gasteiger partial charge in [0.2, 0.25) is 0 Å². The first-order valence-corrected chi connectivity index (χ1v) is 7.76. The van der Waals surface area contributed by atoms with Gasteiger partial charge in [-0.15, -0.1) is 11.8 Å². The molecule has 4 heteroatoms. The lowest BCUT2D eigenvalue weighted by molar-refractivity contribution is 0.219. The third kappa shape index (κ3) is 3.48. The molecule has 2 aromatic carbocycles. The highest BCUT2D eigenvalue weighted by Gasteiger charge is 2.12. The van der Waals surface area contributed by atoms with Gasteiger partial charge in [-0.1, -0.05) is 36.7 Å². The lowest BCUT2D eigenvalue weighted by Gasteiger charge is -2.14. The summed E-state index contributed by atoms with van der Waals surface area (Å²) in [4.78, 5) is 1.21. The first kappa shape index (κ1) is 15.2. The number of hydrogen-bond acceptors (Lipinski definition) is 3. The molecule has 1 unspecified atom stereocenters. The molecule has 2 aromatic rings. The second kappa shape index (κ2) is 7.02. The standard InChI is InChI=1S/C16H17ClO2S/c1-3-20-13-7-4-11(5-8-13)16(18)12-6-9-14(17)15(10-12)19-2/h4-10,16,18H,3H2,1-2H3. The lowest BCUT2D eigenvalue weighted by atomic mass is 10.0. The van der Waals surface area contributed by atoms with Crippen LogP contribution in [0.1, 0.15) is 24.2 Å². The molecule has 0 radical (unpaired) electrons. The van der Waals surface area contributed by atoms with Gasteiger partial charge < -0.3 is 9.84 Å². The van der Waals surface area contributed by atoms with E-state index in [9.17, 15) is 5.11 Å². The van der Waals surface area contributed by atoms with Crippen molar-refractivity contribution in [2.75, 3.05) is 12.9 Å². The predicted molar refractivity (Wildman–Crippen MR) is 84.9 cm³/mol. The summed E-state index contributed by atoms with van der Waals surface area (Å²) in [5.41, 5.74) is 1.62. The Bertz CT molecular complexity index is 569.